The van der Waals surface area contributed by atoms with Crippen LogP contribution < -0.4 is 16.4 Å². The number of carbonyl (C=O) groups excluding carboxylic acids is 3. The molecule has 2 amide bonds. The Labute approximate surface area is 210 Å². The first-order valence-electron chi connectivity index (χ1n) is 12.7. The summed E-state index contributed by atoms with van der Waals surface area (Å²) < 4.78 is 11.6. The van der Waals surface area contributed by atoms with Crippen molar-refractivity contribution in [1.82, 2.24) is 20.4 Å². The van der Waals surface area contributed by atoms with Gasteiger partial charge >= 0.3 is 11.8 Å². The van der Waals surface area contributed by atoms with Gasteiger partial charge in [-0.2, -0.15) is 4.68 Å². The summed E-state index contributed by atoms with van der Waals surface area (Å²) in [4.78, 5) is 50.8. The normalized spacial score (nSPS) is 14.8. The zero-order chi connectivity index (χ0) is 26.1. The molecule has 2 aromatic rings. The summed E-state index contributed by atoms with van der Waals surface area (Å²) in [7, 11) is 0. The lowest BCUT2D eigenvalue weighted by Crippen LogP contribution is -2.52. The maximum Gasteiger partial charge on any atom is 0.437 e. The van der Waals surface area contributed by atoms with E-state index in [1.807, 2.05) is 51.1 Å². The number of nitrogens with one attached hydrogen (secondary N) is 2. The van der Waals surface area contributed by atoms with Crippen LogP contribution in [0.15, 0.2) is 39.5 Å². The molecule has 1 heterocycles. The first kappa shape index (κ1) is 27.2. The molecule has 2 N–H and O–H groups in total. The van der Waals surface area contributed by atoms with Gasteiger partial charge in [0.05, 0.1) is 12.6 Å². The van der Waals surface area contributed by atoms with Crippen LogP contribution in [0, 0.1) is 11.8 Å². The summed E-state index contributed by atoms with van der Waals surface area (Å²) in [6.45, 7) is 6.33. The number of rotatable bonds is 14. The highest BCUT2D eigenvalue weighted by atomic mass is 16.5. The maximum absolute atomic E-state index is 13.2. The molecular weight excluding hydrogens is 464 g/mol. The van der Waals surface area contributed by atoms with Crippen LogP contribution in [0.4, 0.5) is 4.79 Å². The van der Waals surface area contributed by atoms with Crippen molar-refractivity contribution in [2.45, 2.75) is 84.5 Å². The molecule has 1 aliphatic rings. The molecule has 36 heavy (non-hydrogen) atoms. The van der Waals surface area contributed by atoms with Gasteiger partial charge in [0.1, 0.15) is 12.6 Å². The molecule has 10 heteroatoms. The highest BCUT2D eigenvalue weighted by Gasteiger charge is 2.31. The van der Waals surface area contributed by atoms with Crippen LogP contribution in [0.2, 0.25) is 0 Å². The summed E-state index contributed by atoms with van der Waals surface area (Å²) >= 11 is 0. The molecule has 0 saturated heterocycles. The zero-order valence-corrected chi connectivity index (χ0v) is 21.2. The Morgan fingerprint density at radius 2 is 1.86 bits per heavy atom. The summed E-state index contributed by atoms with van der Waals surface area (Å²) in [6, 6.07) is 7.39. The minimum absolute atomic E-state index is 0.0723. The van der Waals surface area contributed by atoms with E-state index in [2.05, 4.69) is 15.7 Å². The molecule has 196 valence electrons. The first-order chi connectivity index (χ1) is 17.3. The number of nitrogens with zero attached hydrogens (tertiary/aromatic N) is 2. The van der Waals surface area contributed by atoms with Crippen LogP contribution in [-0.4, -0.2) is 39.6 Å². The Balaban J connectivity index is 1.66. The number of hydrogen-bond acceptors (Lipinski definition) is 7. The molecular formula is C26H36N4O6. The lowest BCUT2D eigenvalue weighted by Gasteiger charge is -2.23. The van der Waals surface area contributed by atoms with E-state index in [0.29, 0.717) is 31.7 Å². The van der Waals surface area contributed by atoms with E-state index in [0.717, 1.165) is 24.8 Å². The SMILES string of the molecule is CCCCC(NC(=O)C(CC(C)C)NC(=O)OCc1ccccc1)C(=O)c1nn(CC2CC2)c(=O)o1. The van der Waals surface area contributed by atoms with Crippen LogP contribution in [0.5, 0.6) is 0 Å². The quantitative estimate of drug-likeness (QED) is 0.380. The van der Waals surface area contributed by atoms with Gasteiger partial charge < -0.3 is 19.8 Å². The summed E-state index contributed by atoms with van der Waals surface area (Å²) in [5.74, 6) is -1.57. The number of aromatic nitrogens is 2. The second-order valence-electron chi connectivity index (χ2n) is 9.75. The van der Waals surface area contributed by atoms with E-state index in [-0.39, 0.29) is 18.4 Å². The number of amides is 2. The zero-order valence-electron chi connectivity index (χ0n) is 21.2. The molecule has 0 bridgehead atoms. The minimum atomic E-state index is -0.929. The van der Waals surface area contributed by atoms with Crippen LogP contribution in [-0.2, 0) is 22.7 Å². The number of carbonyl (C=O) groups is 3. The van der Waals surface area contributed by atoms with Crippen molar-refractivity contribution in [3.63, 3.8) is 0 Å². The third kappa shape index (κ3) is 8.35. The Bertz CT molecular complexity index is 1070. The van der Waals surface area contributed by atoms with Crippen molar-refractivity contribution in [3.05, 3.63) is 52.3 Å². The van der Waals surface area contributed by atoms with Crippen LogP contribution in [0.25, 0.3) is 0 Å². The van der Waals surface area contributed by atoms with Crippen molar-refractivity contribution in [2.75, 3.05) is 0 Å². The standard InChI is InChI=1S/C26H36N4O6/c1-4-5-11-20(22(31)24-29-30(26(34)36-24)15-18-12-13-18)27-23(32)21(14-17(2)3)28-25(33)35-16-19-9-7-6-8-10-19/h6-10,17-18,20-21H,4-5,11-16H2,1-3H3,(H,27,32)(H,28,33). The first-order valence-corrected chi connectivity index (χ1v) is 12.7. The van der Waals surface area contributed by atoms with E-state index in [1.165, 1.54) is 4.68 Å². The summed E-state index contributed by atoms with van der Waals surface area (Å²) in [5.41, 5.74) is 0.824. The topological polar surface area (TPSA) is 133 Å². The molecule has 0 radical (unpaired) electrons. The molecule has 1 aromatic heterocycles. The van der Waals surface area contributed by atoms with E-state index in [1.54, 1.807) is 0 Å². The van der Waals surface area contributed by atoms with E-state index < -0.39 is 35.6 Å². The van der Waals surface area contributed by atoms with Gasteiger partial charge in [-0.25, -0.2) is 9.59 Å². The van der Waals surface area contributed by atoms with Gasteiger partial charge in [0.15, 0.2) is 0 Å². The van der Waals surface area contributed by atoms with E-state index in [4.69, 9.17) is 9.15 Å². The summed E-state index contributed by atoms with van der Waals surface area (Å²) in [6.07, 6.45) is 3.51. The Hall–Kier alpha value is -3.43. The van der Waals surface area contributed by atoms with Gasteiger partial charge in [-0.15, -0.1) is 5.10 Å². The van der Waals surface area contributed by atoms with Crippen molar-refractivity contribution in [1.29, 1.82) is 0 Å². The number of ether oxygens (including phenoxy) is 1. The van der Waals surface area contributed by atoms with Gasteiger partial charge in [0.2, 0.25) is 11.7 Å². The predicted molar refractivity (Wildman–Crippen MR) is 132 cm³/mol. The fourth-order valence-corrected chi connectivity index (χ4v) is 3.77. The highest BCUT2D eigenvalue weighted by molar-refractivity contribution is 5.99. The number of hydrogen-bond donors (Lipinski definition) is 2. The number of alkyl carbamates (subject to hydrolysis) is 1. The molecule has 1 aliphatic carbocycles. The monoisotopic (exact) mass is 500 g/mol. The lowest BCUT2D eigenvalue weighted by molar-refractivity contribution is -0.124. The van der Waals surface area contributed by atoms with Gasteiger partial charge in [0.25, 0.3) is 5.89 Å². The minimum Gasteiger partial charge on any atom is -0.445 e. The number of unbranched alkanes of at least 4 members (excludes halogenated alkanes) is 1. The highest BCUT2D eigenvalue weighted by Crippen LogP contribution is 2.29. The Kier molecular flexibility index (Phi) is 9.84. The Morgan fingerprint density at radius 3 is 2.50 bits per heavy atom. The van der Waals surface area contributed by atoms with Gasteiger partial charge in [-0.05, 0) is 43.1 Å². The van der Waals surface area contributed by atoms with Crippen molar-refractivity contribution < 1.29 is 23.5 Å². The van der Waals surface area contributed by atoms with Crippen LogP contribution >= 0.6 is 0 Å². The average molecular weight is 501 g/mol. The molecule has 3 rings (SSSR count). The number of benzene rings is 1. The van der Waals surface area contributed by atoms with E-state index >= 15 is 0 Å². The molecule has 2 unspecified atom stereocenters. The molecule has 0 aliphatic heterocycles. The maximum atomic E-state index is 13.2. The molecule has 0 spiro atoms. The van der Waals surface area contributed by atoms with E-state index in [9.17, 15) is 19.2 Å². The Morgan fingerprint density at radius 1 is 1.14 bits per heavy atom. The van der Waals surface area contributed by atoms with Gasteiger partial charge in [-0.1, -0.05) is 63.9 Å². The van der Waals surface area contributed by atoms with Gasteiger partial charge in [0, 0.05) is 0 Å². The van der Waals surface area contributed by atoms with Gasteiger partial charge in [-0.3, -0.25) is 9.59 Å². The third-order valence-electron chi connectivity index (χ3n) is 5.95. The molecule has 2 atom stereocenters. The predicted octanol–water partition coefficient (Wildman–Crippen LogP) is 3.45. The third-order valence-corrected chi connectivity index (χ3v) is 5.95. The number of ketones is 1. The molecule has 1 fully saturated rings. The van der Waals surface area contributed by atoms with Crippen LogP contribution in [0.1, 0.15) is 75.5 Å². The largest absolute Gasteiger partial charge is 0.445 e. The second-order valence-corrected chi connectivity index (χ2v) is 9.75. The number of Topliss-reactive ketones (excluding diaryl/α,β-unsaturated/α-hetero) is 1. The smallest absolute Gasteiger partial charge is 0.437 e. The average Bonchev–Trinajstić information content (AvgIpc) is 3.60. The van der Waals surface area contributed by atoms with Crippen molar-refractivity contribution in [2.24, 2.45) is 11.8 Å². The fraction of sp³-hybridized carbons (Fsp3) is 0.577. The van der Waals surface area contributed by atoms with Crippen molar-refractivity contribution >= 4 is 17.8 Å². The van der Waals surface area contributed by atoms with Crippen LogP contribution in [0.3, 0.4) is 0 Å². The summed E-state index contributed by atoms with van der Waals surface area (Å²) in [5, 5.41) is 9.44. The molecule has 10 nitrogen and oxygen atoms in total. The van der Waals surface area contributed by atoms with Crippen molar-refractivity contribution in [3.8, 4) is 0 Å². The molecule has 1 saturated carbocycles. The molecule has 1 aromatic carbocycles. The lowest BCUT2D eigenvalue weighted by atomic mass is 10.0. The fourth-order valence-electron chi connectivity index (χ4n) is 3.77. The second kappa shape index (κ2) is 13.0.